The highest BCUT2D eigenvalue weighted by atomic mass is 79.9. The largest absolute Gasteiger partial charge is 0.312 e. The van der Waals surface area contributed by atoms with Gasteiger partial charge in [0, 0.05) is 42.3 Å². The van der Waals surface area contributed by atoms with E-state index in [2.05, 4.69) is 39.4 Å². The molecule has 1 N–H and O–H groups in total. The van der Waals surface area contributed by atoms with Gasteiger partial charge in [-0.3, -0.25) is 4.79 Å². The standard InChI is InChI=1S/C22H32BrN3O3S/c1-15-10-16(2)14-25(13-15)8-3-7-24-30(28,29)21-12-20-18(11-19(21)23)6-9-26(20)22(27)17-4-5-17/h11-12,15-17,24H,3-10,13-14H2,1-2H3/t15-,16+. The molecule has 8 heteroatoms. The van der Waals surface area contributed by atoms with Gasteiger partial charge in [0.2, 0.25) is 15.9 Å². The van der Waals surface area contributed by atoms with E-state index in [1.165, 1.54) is 6.42 Å². The molecule has 1 saturated heterocycles. The second-order valence-corrected chi connectivity index (χ2v) is 12.0. The first kappa shape index (κ1) is 22.2. The average molecular weight is 498 g/mol. The number of hydrogen-bond donors (Lipinski definition) is 1. The molecule has 0 radical (unpaired) electrons. The van der Waals surface area contributed by atoms with Crippen molar-refractivity contribution in [1.29, 1.82) is 0 Å². The lowest BCUT2D eigenvalue weighted by Crippen LogP contribution is -2.40. The minimum absolute atomic E-state index is 0.123. The van der Waals surface area contributed by atoms with Gasteiger partial charge in [0.1, 0.15) is 0 Å². The summed E-state index contributed by atoms with van der Waals surface area (Å²) in [4.78, 5) is 17.0. The lowest BCUT2D eigenvalue weighted by Gasteiger charge is -2.34. The molecule has 30 heavy (non-hydrogen) atoms. The number of sulfonamides is 1. The van der Waals surface area contributed by atoms with Crippen molar-refractivity contribution in [2.45, 2.75) is 50.8 Å². The number of rotatable bonds is 7. The lowest BCUT2D eigenvalue weighted by atomic mass is 9.92. The molecule has 2 aliphatic heterocycles. The van der Waals surface area contributed by atoms with E-state index in [1.54, 1.807) is 11.0 Å². The van der Waals surface area contributed by atoms with Crippen LogP contribution in [0.4, 0.5) is 5.69 Å². The Kier molecular flexibility index (Phi) is 6.59. The molecule has 2 fully saturated rings. The van der Waals surface area contributed by atoms with Crippen molar-refractivity contribution in [3.63, 3.8) is 0 Å². The van der Waals surface area contributed by atoms with E-state index in [-0.39, 0.29) is 16.7 Å². The molecule has 166 valence electrons. The maximum absolute atomic E-state index is 13.0. The molecular formula is C22H32BrN3O3S. The summed E-state index contributed by atoms with van der Waals surface area (Å²) in [7, 11) is -3.64. The van der Waals surface area contributed by atoms with Crippen LogP contribution < -0.4 is 9.62 Å². The molecule has 2 heterocycles. The van der Waals surface area contributed by atoms with Gasteiger partial charge < -0.3 is 9.80 Å². The van der Waals surface area contributed by atoms with E-state index in [1.807, 2.05) is 6.07 Å². The Labute approximate surface area is 188 Å². The first-order valence-electron chi connectivity index (χ1n) is 11.1. The molecule has 0 aromatic heterocycles. The Hall–Kier alpha value is -0.960. The van der Waals surface area contributed by atoms with Gasteiger partial charge in [-0.05, 0) is 84.1 Å². The fraction of sp³-hybridized carbons (Fsp3) is 0.682. The molecule has 0 bridgehead atoms. The third kappa shape index (κ3) is 4.92. The van der Waals surface area contributed by atoms with Crippen LogP contribution in [0.2, 0.25) is 0 Å². The number of piperidine rings is 1. The van der Waals surface area contributed by atoms with Crippen LogP contribution in [-0.4, -0.2) is 51.9 Å². The second-order valence-electron chi connectivity index (χ2n) is 9.38. The van der Waals surface area contributed by atoms with E-state index in [4.69, 9.17) is 0 Å². The Morgan fingerprint density at radius 3 is 2.57 bits per heavy atom. The van der Waals surface area contributed by atoms with Crippen molar-refractivity contribution in [1.82, 2.24) is 9.62 Å². The number of anilines is 1. The number of amides is 1. The predicted molar refractivity (Wildman–Crippen MR) is 122 cm³/mol. The van der Waals surface area contributed by atoms with Crippen LogP contribution in [0, 0.1) is 17.8 Å². The van der Waals surface area contributed by atoms with Crippen LogP contribution in [0.5, 0.6) is 0 Å². The summed E-state index contributed by atoms with van der Waals surface area (Å²) < 4.78 is 29.3. The smallest absolute Gasteiger partial charge is 0.241 e. The van der Waals surface area contributed by atoms with E-state index in [0.29, 0.717) is 29.4 Å². The quantitative estimate of drug-likeness (QED) is 0.586. The Balaban J connectivity index is 1.39. The van der Waals surface area contributed by atoms with Crippen molar-refractivity contribution < 1.29 is 13.2 Å². The van der Waals surface area contributed by atoms with Gasteiger partial charge in [-0.2, -0.15) is 0 Å². The monoisotopic (exact) mass is 497 g/mol. The van der Waals surface area contributed by atoms with Gasteiger partial charge >= 0.3 is 0 Å². The molecule has 1 saturated carbocycles. The van der Waals surface area contributed by atoms with Crippen molar-refractivity contribution in [2.24, 2.45) is 17.8 Å². The minimum atomic E-state index is -3.64. The number of benzene rings is 1. The van der Waals surface area contributed by atoms with Crippen LogP contribution in [0.25, 0.3) is 0 Å². The molecule has 2 atom stereocenters. The number of fused-ring (bicyclic) bond motifs is 1. The Morgan fingerprint density at radius 1 is 1.20 bits per heavy atom. The maximum atomic E-state index is 13.0. The van der Waals surface area contributed by atoms with E-state index < -0.39 is 10.0 Å². The number of halogens is 1. The zero-order chi connectivity index (χ0) is 21.5. The number of carbonyl (C=O) groups is 1. The number of hydrogen-bond acceptors (Lipinski definition) is 4. The van der Waals surface area contributed by atoms with Crippen LogP contribution in [0.3, 0.4) is 0 Å². The molecule has 1 aliphatic carbocycles. The van der Waals surface area contributed by atoms with Crippen LogP contribution >= 0.6 is 15.9 Å². The van der Waals surface area contributed by atoms with Crippen LogP contribution in [0.1, 0.15) is 45.1 Å². The number of nitrogens with zero attached hydrogens (tertiary/aromatic N) is 2. The van der Waals surface area contributed by atoms with Crippen molar-refractivity contribution in [3.05, 3.63) is 22.2 Å². The molecule has 3 aliphatic rings. The summed E-state index contributed by atoms with van der Waals surface area (Å²) in [5.74, 6) is 1.67. The Bertz CT molecular complexity index is 906. The lowest BCUT2D eigenvalue weighted by molar-refractivity contribution is -0.119. The number of carbonyl (C=O) groups excluding carboxylic acids is 1. The summed E-state index contributed by atoms with van der Waals surface area (Å²) in [5.41, 5.74) is 1.79. The third-order valence-electron chi connectivity index (χ3n) is 6.40. The second kappa shape index (κ2) is 8.88. The molecule has 1 aromatic rings. The fourth-order valence-electron chi connectivity index (χ4n) is 4.94. The molecule has 4 rings (SSSR count). The van der Waals surface area contributed by atoms with Crippen molar-refractivity contribution in [2.75, 3.05) is 37.6 Å². The Morgan fingerprint density at radius 2 is 1.90 bits per heavy atom. The first-order valence-corrected chi connectivity index (χ1v) is 13.4. The number of nitrogens with one attached hydrogen (secondary N) is 1. The molecule has 6 nitrogen and oxygen atoms in total. The molecule has 0 unspecified atom stereocenters. The normalized spacial score (nSPS) is 24.8. The highest BCUT2D eigenvalue weighted by Crippen LogP contribution is 2.39. The first-order chi connectivity index (χ1) is 14.2. The third-order valence-corrected chi connectivity index (χ3v) is 8.82. The average Bonchev–Trinajstić information content (AvgIpc) is 3.44. The zero-order valence-electron chi connectivity index (χ0n) is 17.9. The van der Waals surface area contributed by atoms with Gasteiger partial charge in [-0.1, -0.05) is 13.8 Å². The van der Waals surface area contributed by atoms with Gasteiger partial charge in [0.05, 0.1) is 4.90 Å². The number of likely N-dealkylation sites (tertiary alicyclic amines) is 1. The summed E-state index contributed by atoms with van der Waals surface area (Å²) in [5, 5.41) is 0. The summed E-state index contributed by atoms with van der Waals surface area (Å²) in [6.07, 6.45) is 4.72. The van der Waals surface area contributed by atoms with E-state index >= 15 is 0 Å². The van der Waals surface area contributed by atoms with Gasteiger partial charge in [0.15, 0.2) is 0 Å². The fourth-order valence-corrected chi connectivity index (χ4v) is 7.12. The molecule has 1 aromatic carbocycles. The van der Waals surface area contributed by atoms with Gasteiger partial charge in [-0.25, -0.2) is 13.1 Å². The molecular weight excluding hydrogens is 466 g/mol. The molecule has 0 spiro atoms. The highest BCUT2D eigenvalue weighted by Gasteiger charge is 2.37. The van der Waals surface area contributed by atoms with E-state index in [9.17, 15) is 13.2 Å². The predicted octanol–water partition coefficient (Wildman–Crippen LogP) is 3.39. The maximum Gasteiger partial charge on any atom is 0.241 e. The van der Waals surface area contributed by atoms with Gasteiger partial charge in [-0.15, -0.1) is 0 Å². The topological polar surface area (TPSA) is 69.7 Å². The SMILES string of the molecule is C[C@@H]1C[C@H](C)CN(CCCNS(=O)(=O)c2cc3c(cc2Br)CCN3C(=O)C2CC2)C1. The highest BCUT2D eigenvalue weighted by molar-refractivity contribution is 9.10. The summed E-state index contributed by atoms with van der Waals surface area (Å²) in [6, 6.07) is 3.53. The molecule has 1 amide bonds. The van der Waals surface area contributed by atoms with E-state index in [0.717, 1.165) is 56.6 Å². The van der Waals surface area contributed by atoms with Crippen LogP contribution in [-0.2, 0) is 21.2 Å². The summed E-state index contributed by atoms with van der Waals surface area (Å²) >= 11 is 3.44. The minimum Gasteiger partial charge on any atom is -0.312 e. The van der Waals surface area contributed by atoms with Crippen molar-refractivity contribution in [3.8, 4) is 0 Å². The van der Waals surface area contributed by atoms with Crippen molar-refractivity contribution >= 4 is 37.5 Å². The zero-order valence-corrected chi connectivity index (χ0v) is 20.3. The van der Waals surface area contributed by atoms with Crippen LogP contribution in [0.15, 0.2) is 21.5 Å². The summed E-state index contributed by atoms with van der Waals surface area (Å²) in [6.45, 7) is 8.72. The van der Waals surface area contributed by atoms with Gasteiger partial charge in [0.25, 0.3) is 0 Å².